The van der Waals surface area contributed by atoms with Gasteiger partial charge in [0.1, 0.15) is 5.75 Å². The van der Waals surface area contributed by atoms with Gasteiger partial charge < -0.3 is 4.74 Å². The summed E-state index contributed by atoms with van der Waals surface area (Å²) in [6.45, 7) is 3.95. The molecule has 1 heterocycles. The lowest BCUT2D eigenvalue weighted by Crippen LogP contribution is -1.97. The van der Waals surface area contributed by atoms with Gasteiger partial charge in [-0.15, -0.1) is 11.6 Å². The van der Waals surface area contributed by atoms with Crippen LogP contribution in [0.3, 0.4) is 0 Å². The Kier molecular flexibility index (Phi) is 3.38. The van der Waals surface area contributed by atoms with Crippen molar-refractivity contribution in [2.45, 2.75) is 19.7 Å². The molecule has 0 radical (unpaired) electrons. The highest BCUT2D eigenvalue weighted by Gasteiger charge is 2.14. The Balaban J connectivity index is 2.40. The van der Waals surface area contributed by atoms with E-state index in [2.05, 4.69) is 5.10 Å². The number of hydrogen-bond acceptors (Lipinski definition) is 2. The topological polar surface area (TPSA) is 27.1 Å². The van der Waals surface area contributed by atoms with E-state index in [1.54, 1.807) is 4.68 Å². The maximum absolute atomic E-state index is 5.92. The fourth-order valence-electron chi connectivity index (χ4n) is 1.74. The molecule has 0 bridgehead atoms. The molecule has 0 amide bonds. The SMILES string of the molecule is Cc1ccccc1Oc1c(CCl)c(C)nn1C. The van der Waals surface area contributed by atoms with Crippen LogP contribution >= 0.6 is 11.6 Å². The van der Waals surface area contributed by atoms with Crippen molar-refractivity contribution in [1.82, 2.24) is 9.78 Å². The van der Waals surface area contributed by atoms with E-state index in [0.717, 1.165) is 22.6 Å². The molecule has 90 valence electrons. The normalized spacial score (nSPS) is 10.6. The summed E-state index contributed by atoms with van der Waals surface area (Å²) in [6.07, 6.45) is 0. The molecule has 3 nitrogen and oxygen atoms in total. The van der Waals surface area contributed by atoms with Gasteiger partial charge in [0.05, 0.1) is 17.1 Å². The fourth-order valence-corrected chi connectivity index (χ4v) is 2.05. The summed E-state index contributed by atoms with van der Waals surface area (Å²) < 4.78 is 7.62. The van der Waals surface area contributed by atoms with Gasteiger partial charge >= 0.3 is 0 Å². The Bertz CT molecular complexity index is 534. The first-order valence-corrected chi connectivity index (χ1v) is 5.99. The van der Waals surface area contributed by atoms with E-state index in [0.29, 0.717) is 11.8 Å². The summed E-state index contributed by atoms with van der Waals surface area (Å²) in [7, 11) is 1.86. The zero-order chi connectivity index (χ0) is 12.4. The first kappa shape index (κ1) is 12.0. The monoisotopic (exact) mass is 250 g/mol. The van der Waals surface area contributed by atoms with Crippen molar-refractivity contribution in [3.05, 3.63) is 41.1 Å². The second kappa shape index (κ2) is 4.80. The van der Waals surface area contributed by atoms with Crippen LogP contribution in [-0.2, 0) is 12.9 Å². The number of nitrogens with zero attached hydrogens (tertiary/aromatic N) is 2. The molecule has 4 heteroatoms. The van der Waals surface area contributed by atoms with Gasteiger partial charge in [0, 0.05) is 7.05 Å². The van der Waals surface area contributed by atoms with Crippen LogP contribution in [0, 0.1) is 13.8 Å². The van der Waals surface area contributed by atoms with Gasteiger partial charge in [-0.3, -0.25) is 0 Å². The summed E-state index contributed by atoms with van der Waals surface area (Å²) >= 11 is 5.92. The summed E-state index contributed by atoms with van der Waals surface area (Å²) in [5, 5.41) is 4.31. The zero-order valence-electron chi connectivity index (χ0n) is 10.2. The number of aryl methyl sites for hydroxylation is 3. The number of alkyl halides is 1. The average Bonchev–Trinajstić information content (AvgIpc) is 2.56. The van der Waals surface area contributed by atoms with Crippen LogP contribution in [0.4, 0.5) is 0 Å². The predicted molar refractivity (Wildman–Crippen MR) is 68.8 cm³/mol. The minimum absolute atomic E-state index is 0.404. The van der Waals surface area contributed by atoms with Gasteiger partial charge in [-0.1, -0.05) is 18.2 Å². The van der Waals surface area contributed by atoms with E-state index in [9.17, 15) is 0 Å². The highest BCUT2D eigenvalue weighted by Crippen LogP contribution is 2.29. The molecular formula is C13H15ClN2O. The molecule has 0 fully saturated rings. The van der Waals surface area contributed by atoms with Gasteiger partial charge in [-0.05, 0) is 25.5 Å². The van der Waals surface area contributed by atoms with E-state index >= 15 is 0 Å². The molecule has 0 aliphatic carbocycles. The largest absolute Gasteiger partial charge is 0.439 e. The maximum atomic E-state index is 5.92. The minimum Gasteiger partial charge on any atom is -0.439 e. The van der Waals surface area contributed by atoms with Gasteiger partial charge in [-0.25, -0.2) is 4.68 Å². The first-order chi connectivity index (χ1) is 8.13. The van der Waals surface area contributed by atoms with Crippen molar-refractivity contribution in [1.29, 1.82) is 0 Å². The van der Waals surface area contributed by atoms with Crippen LogP contribution in [0.2, 0.25) is 0 Å². The lowest BCUT2D eigenvalue weighted by atomic mass is 10.2. The Hall–Kier alpha value is -1.48. The van der Waals surface area contributed by atoms with Crippen LogP contribution in [0.5, 0.6) is 11.6 Å². The van der Waals surface area contributed by atoms with Crippen LogP contribution in [0.15, 0.2) is 24.3 Å². The minimum atomic E-state index is 0.404. The molecule has 0 saturated carbocycles. The second-order valence-electron chi connectivity index (χ2n) is 3.99. The lowest BCUT2D eigenvalue weighted by molar-refractivity contribution is 0.424. The zero-order valence-corrected chi connectivity index (χ0v) is 11.0. The number of halogens is 1. The molecule has 2 aromatic rings. The Morgan fingerprint density at radius 1 is 1.29 bits per heavy atom. The van der Waals surface area contributed by atoms with Crippen molar-refractivity contribution in [3.63, 3.8) is 0 Å². The molecular weight excluding hydrogens is 236 g/mol. The molecule has 0 N–H and O–H groups in total. The molecule has 0 aliphatic heterocycles. The number of hydrogen-bond donors (Lipinski definition) is 0. The van der Waals surface area contributed by atoms with Crippen LogP contribution < -0.4 is 4.74 Å². The molecule has 1 aromatic carbocycles. The summed E-state index contributed by atoms with van der Waals surface area (Å²) in [5.74, 6) is 1.95. The lowest BCUT2D eigenvalue weighted by Gasteiger charge is -2.09. The quantitative estimate of drug-likeness (QED) is 0.779. The third kappa shape index (κ3) is 2.29. The Morgan fingerprint density at radius 2 is 2.00 bits per heavy atom. The molecule has 0 spiro atoms. The number of rotatable bonds is 3. The third-order valence-electron chi connectivity index (χ3n) is 2.72. The standard InChI is InChI=1S/C13H15ClN2O/c1-9-6-4-5-7-12(9)17-13-11(8-14)10(2)15-16(13)3/h4-7H,8H2,1-3H3. The van der Waals surface area contributed by atoms with Crippen molar-refractivity contribution >= 4 is 11.6 Å². The Morgan fingerprint density at radius 3 is 2.65 bits per heavy atom. The van der Waals surface area contributed by atoms with Gasteiger partial charge in [-0.2, -0.15) is 5.10 Å². The van der Waals surface area contributed by atoms with Gasteiger partial charge in [0.25, 0.3) is 0 Å². The highest BCUT2D eigenvalue weighted by molar-refractivity contribution is 6.17. The highest BCUT2D eigenvalue weighted by atomic mass is 35.5. The Labute approximate surface area is 106 Å². The van der Waals surface area contributed by atoms with Crippen molar-refractivity contribution in [2.24, 2.45) is 7.05 Å². The molecule has 0 unspecified atom stereocenters. The first-order valence-electron chi connectivity index (χ1n) is 5.45. The molecule has 0 aliphatic rings. The summed E-state index contributed by atoms with van der Waals surface area (Å²) in [6, 6.07) is 7.89. The van der Waals surface area contributed by atoms with Gasteiger partial charge in [0.15, 0.2) is 0 Å². The van der Waals surface area contributed by atoms with Crippen molar-refractivity contribution in [3.8, 4) is 11.6 Å². The average molecular weight is 251 g/mol. The summed E-state index contributed by atoms with van der Waals surface area (Å²) in [4.78, 5) is 0. The summed E-state index contributed by atoms with van der Waals surface area (Å²) in [5.41, 5.74) is 2.94. The second-order valence-corrected chi connectivity index (χ2v) is 4.26. The maximum Gasteiger partial charge on any atom is 0.222 e. The van der Waals surface area contributed by atoms with E-state index in [-0.39, 0.29) is 0 Å². The van der Waals surface area contributed by atoms with Crippen molar-refractivity contribution < 1.29 is 4.74 Å². The van der Waals surface area contributed by atoms with E-state index in [4.69, 9.17) is 16.3 Å². The smallest absolute Gasteiger partial charge is 0.222 e. The fraction of sp³-hybridized carbons (Fsp3) is 0.308. The number of para-hydroxylation sites is 1. The number of aromatic nitrogens is 2. The molecule has 1 aromatic heterocycles. The van der Waals surface area contributed by atoms with E-state index in [1.165, 1.54) is 0 Å². The molecule has 0 atom stereocenters. The molecule has 2 rings (SSSR count). The predicted octanol–water partition coefficient (Wildman–Crippen LogP) is 3.57. The molecule has 17 heavy (non-hydrogen) atoms. The van der Waals surface area contributed by atoms with E-state index < -0.39 is 0 Å². The van der Waals surface area contributed by atoms with Crippen LogP contribution in [-0.4, -0.2) is 9.78 Å². The van der Waals surface area contributed by atoms with Gasteiger partial charge in [0.2, 0.25) is 5.88 Å². The third-order valence-corrected chi connectivity index (χ3v) is 2.99. The van der Waals surface area contributed by atoms with Crippen LogP contribution in [0.25, 0.3) is 0 Å². The van der Waals surface area contributed by atoms with E-state index in [1.807, 2.05) is 45.2 Å². The van der Waals surface area contributed by atoms with Crippen LogP contribution in [0.1, 0.15) is 16.8 Å². The molecule has 0 saturated heterocycles. The van der Waals surface area contributed by atoms with Crippen molar-refractivity contribution in [2.75, 3.05) is 0 Å². The number of benzene rings is 1. The number of ether oxygens (including phenoxy) is 1.